The summed E-state index contributed by atoms with van der Waals surface area (Å²) < 4.78 is 26.3. The number of H-pyrrole nitrogens is 1. The number of hydrogen-bond acceptors (Lipinski definition) is 2. The molecule has 2 aromatic rings. The lowest BCUT2D eigenvalue weighted by molar-refractivity contribution is 0.00756. The second-order valence-corrected chi connectivity index (χ2v) is 4.76. The molecule has 0 saturated heterocycles. The molecule has 1 unspecified atom stereocenters. The molecule has 1 aromatic heterocycles. The first-order chi connectivity index (χ1) is 8.57. The van der Waals surface area contributed by atoms with Crippen LogP contribution in [0.15, 0.2) is 18.2 Å². The Hall–Kier alpha value is -1.96. The van der Waals surface area contributed by atoms with Crippen molar-refractivity contribution in [1.82, 2.24) is 9.97 Å². The van der Waals surface area contributed by atoms with Gasteiger partial charge in [-0.05, 0) is 24.6 Å². The standard InChI is InChI=1S/C13H11F2N3/c14-13(15)4-3-9(6-13)12-17-10-2-1-8(7-16)5-11(10)18-12/h1-2,5,9H,3-4,6H2,(H,17,18). The fourth-order valence-corrected chi connectivity index (χ4v) is 2.48. The van der Waals surface area contributed by atoms with Crippen LogP contribution >= 0.6 is 0 Å². The number of aromatic amines is 1. The van der Waals surface area contributed by atoms with Gasteiger partial charge < -0.3 is 4.98 Å². The van der Waals surface area contributed by atoms with Crippen LogP contribution in [-0.2, 0) is 0 Å². The van der Waals surface area contributed by atoms with E-state index in [4.69, 9.17) is 5.26 Å². The lowest BCUT2D eigenvalue weighted by Crippen LogP contribution is -2.09. The highest BCUT2D eigenvalue weighted by Gasteiger charge is 2.41. The van der Waals surface area contributed by atoms with Gasteiger partial charge in [0.1, 0.15) is 5.82 Å². The van der Waals surface area contributed by atoms with Crippen molar-refractivity contribution in [2.45, 2.75) is 31.1 Å². The van der Waals surface area contributed by atoms with Crippen molar-refractivity contribution in [3.63, 3.8) is 0 Å². The van der Waals surface area contributed by atoms with Crippen LogP contribution in [0.3, 0.4) is 0 Å². The number of benzene rings is 1. The Morgan fingerprint density at radius 2 is 2.28 bits per heavy atom. The van der Waals surface area contributed by atoms with E-state index in [1.165, 1.54) is 0 Å². The smallest absolute Gasteiger partial charge is 0.248 e. The zero-order valence-electron chi connectivity index (χ0n) is 9.58. The van der Waals surface area contributed by atoms with Crippen molar-refractivity contribution in [2.75, 3.05) is 0 Å². The number of nitrogens with zero attached hydrogens (tertiary/aromatic N) is 2. The molecule has 5 heteroatoms. The van der Waals surface area contributed by atoms with Gasteiger partial charge in [-0.2, -0.15) is 5.26 Å². The maximum atomic E-state index is 13.2. The van der Waals surface area contributed by atoms with Crippen molar-refractivity contribution >= 4 is 11.0 Å². The summed E-state index contributed by atoms with van der Waals surface area (Å²) in [6.45, 7) is 0. The first-order valence-electron chi connectivity index (χ1n) is 5.85. The molecule has 1 N–H and O–H groups in total. The second kappa shape index (κ2) is 3.77. The Morgan fingerprint density at radius 1 is 1.44 bits per heavy atom. The van der Waals surface area contributed by atoms with Gasteiger partial charge in [0.15, 0.2) is 0 Å². The fraction of sp³-hybridized carbons (Fsp3) is 0.385. The van der Waals surface area contributed by atoms with Gasteiger partial charge in [0.25, 0.3) is 0 Å². The Morgan fingerprint density at radius 3 is 2.94 bits per heavy atom. The predicted octanol–water partition coefficient (Wildman–Crippen LogP) is 3.34. The molecule has 0 spiro atoms. The highest BCUT2D eigenvalue weighted by Crippen LogP contribution is 2.43. The van der Waals surface area contributed by atoms with Gasteiger partial charge in [0.2, 0.25) is 5.92 Å². The molecule has 3 rings (SSSR count). The van der Waals surface area contributed by atoms with Crippen LogP contribution in [0.4, 0.5) is 8.78 Å². The van der Waals surface area contributed by atoms with E-state index in [0.717, 1.165) is 11.0 Å². The number of hydrogen-bond donors (Lipinski definition) is 1. The van der Waals surface area contributed by atoms with Crippen LogP contribution in [0.1, 0.15) is 36.6 Å². The summed E-state index contributed by atoms with van der Waals surface area (Å²) >= 11 is 0. The van der Waals surface area contributed by atoms with E-state index >= 15 is 0 Å². The van der Waals surface area contributed by atoms with Crippen LogP contribution < -0.4 is 0 Å². The van der Waals surface area contributed by atoms with Crippen molar-refractivity contribution in [3.05, 3.63) is 29.6 Å². The third-order valence-electron chi connectivity index (χ3n) is 3.42. The second-order valence-electron chi connectivity index (χ2n) is 4.76. The first-order valence-corrected chi connectivity index (χ1v) is 5.85. The number of alkyl halides is 2. The fourth-order valence-electron chi connectivity index (χ4n) is 2.48. The summed E-state index contributed by atoms with van der Waals surface area (Å²) in [4.78, 5) is 7.39. The minimum atomic E-state index is -2.57. The van der Waals surface area contributed by atoms with Gasteiger partial charge in [0.05, 0.1) is 22.7 Å². The molecule has 0 aliphatic heterocycles. The lowest BCUT2D eigenvalue weighted by atomic mass is 10.1. The number of nitrogens with one attached hydrogen (secondary N) is 1. The molecule has 18 heavy (non-hydrogen) atoms. The van der Waals surface area contributed by atoms with Crippen LogP contribution in [0.2, 0.25) is 0 Å². The predicted molar refractivity (Wildman–Crippen MR) is 62.3 cm³/mol. The van der Waals surface area contributed by atoms with Crippen LogP contribution in [-0.4, -0.2) is 15.9 Å². The summed E-state index contributed by atoms with van der Waals surface area (Å²) in [5.41, 5.74) is 1.99. The molecular formula is C13H11F2N3. The molecule has 3 nitrogen and oxygen atoms in total. The number of halogens is 2. The molecule has 0 amide bonds. The van der Waals surface area contributed by atoms with Gasteiger partial charge in [0, 0.05) is 18.8 Å². The third kappa shape index (κ3) is 1.84. The summed E-state index contributed by atoms with van der Waals surface area (Å²) in [6, 6.07) is 7.15. The van der Waals surface area contributed by atoms with E-state index < -0.39 is 5.92 Å². The van der Waals surface area contributed by atoms with Crippen molar-refractivity contribution in [3.8, 4) is 6.07 Å². The summed E-state index contributed by atoms with van der Waals surface area (Å²) in [5, 5.41) is 8.80. The number of nitriles is 1. The van der Waals surface area contributed by atoms with Crippen LogP contribution in [0.25, 0.3) is 11.0 Å². The average molecular weight is 247 g/mol. The monoisotopic (exact) mass is 247 g/mol. The molecule has 1 aromatic carbocycles. The van der Waals surface area contributed by atoms with E-state index in [9.17, 15) is 8.78 Å². The molecule has 1 aliphatic rings. The number of fused-ring (bicyclic) bond motifs is 1. The van der Waals surface area contributed by atoms with E-state index in [0.29, 0.717) is 17.8 Å². The highest BCUT2D eigenvalue weighted by molar-refractivity contribution is 5.76. The van der Waals surface area contributed by atoms with Gasteiger partial charge in [-0.15, -0.1) is 0 Å². The molecule has 92 valence electrons. The largest absolute Gasteiger partial charge is 0.342 e. The molecule has 0 radical (unpaired) electrons. The molecule has 1 aliphatic carbocycles. The number of imidazole rings is 1. The maximum absolute atomic E-state index is 13.2. The van der Waals surface area contributed by atoms with Gasteiger partial charge in [-0.3, -0.25) is 0 Å². The van der Waals surface area contributed by atoms with Gasteiger partial charge in [-0.1, -0.05) is 0 Å². The summed E-state index contributed by atoms with van der Waals surface area (Å²) in [6.07, 6.45) is 0.244. The molecule has 1 fully saturated rings. The van der Waals surface area contributed by atoms with Gasteiger partial charge in [-0.25, -0.2) is 13.8 Å². The third-order valence-corrected chi connectivity index (χ3v) is 3.42. The van der Waals surface area contributed by atoms with E-state index in [1.807, 2.05) is 6.07 Å². The Labute approximate surface area is 102 Å². The Kier molecular flexibility index (Phi) is 2.34. The molecule has 1 heterocycles. The maximum Gasteiger partial charge on any atom is 0.248 e. The minimum Gasteiger partial charge on any atom is -0.342 e. The normalized spacial score (nSPS) is 22.2. The summed E-state index contributed by atoms with van der Waals surface area (Å²) in [7, 11) is 0. The molecule has 1 atom stereocenters. The number of rotatable bonds is 1. The minimum absolute atomic E-state index is 0.0713. The zero-order chi connectivity index (χ0) is 12.8. The highest BCUT2D eigenvalue weighted by atomic mass is 19.3. The quantitative estimate of drug-likeness (QED) is 0.840. The van der Waals surface area contributed by atoms with E-state index in [-0.39, 0.29) is 18.8 Å². The molecule has 0 bridgehead atoms. The molecule has 1 saturated carbocycles. The van der Waals surface area contributed by atoms with Gasteiger partial charge >= 0.3 is 0 Å². The summed E-state index contributed by atoms with van der Waals surface area (Å²) in [5.74, 6) is -2.17. The number of aromatic nitrogens is 2. The average Bonchev–Trinajstić information content (AvgIpc) is 2.90. The lowest BCUT2D eigenvalue weighted by Gasteiger charge is -2.07. The Bertz CT molecular complexity index is 639. The van der Waals surface area contributed by atoms with Crippen LogP contribution in [0.5, 0.6) is 0 Å². The molecular weight excluding hydrogens is 236 g/mol. The van der Waals surface area contributed by atoms with Crippen molar-refractivity contribution < 1.29 is 8.78 Å². The van der Waals surface area contributed by atoms with Crippen LogP contribution in [0, 0.1) is 11.3 Å². The zero-order valence-corrected chi connectivity index (χ0v) is 9.58. The SMILES string of the molecule is N#Cc1ccc2nc(C3CCC(F)(F)C3)[nH]c2c1. The van der Waals surface area contributed by atoms with Crippen molar-refractivity contribution in [1.29, 1.82) is 5.26 Å². The van der Waals surface area contributed by atoms with E-state index in [1.54, 1.807) is 18.2 Å². The van der Waals surface area contributed by atoms with E-state index in [2.05, 4.69) is 9.97 Å². The first kappa shape index (κ1) is 11.1. The van der Waals surface area contributed by atoms with Crippen molar-refractivity contribution in [2.24, 2.45) is 0 Å². The topological polar surface area (TPSA) is 52.5 Å². The Balaban J connectivity index is 1.97.